The number of carbonyl (C=O) groups is 2. The molecule has 3 aromatic rings. The summed E-state index contributed by atoms with van der Waals surface area (Å²) in [4.78, 5) is 32.8. The van der Waals surface area contributed by atoms with Gasteiger partial charge in [0.2, 0.25) is 5.95 Å². The van der Waals surface area contributed by atoms with Crippen molar-refractivity contribution in [3.05, 3.63) is 77.6 Å². The number of nitrogens with one attached hydrogen (secondary N) is 2. The first-order valence-corrected chi connectivity index (χ1v) is 9.16. The maximum atomic E-state index is 12.6. The summed E-state index contributed by atoms with van der Waals surface area (Å²) in [5.74, 6) is -0.215. The average Bonchev–Trinajstić information content (AvgIpc) is 2.74. The second kappa shape index (κ2) is 8.97. The molecule has 1 amide bonds. The largest absolute Gasteiger partial charge is 0.465 e. The van der Waals surface area contributed by atoms with Crippen LogP contribution in [-0.2, 0) is 4.74 Å². The van der Waals surface area contributed by atoms with Crippen LogP contribution in [-0.4, -0.2) is 29.0 Å². The number of hydrogen-bond acceptors (Lipinski definition) is 6. The van der Waals surface area contributed by atoms with Crippen LogP contribution in [0, 0.1) is 0 Å². The molecular formula is C22H22N4O3. The van der Waals surface area contributed by atoms with Crippen molar-refractivity contribution in [1.82, 2.24) is 9.97 Å². The second-order valence-corrected chi connectivity index (χ2v) is 6.66. The van der Waals surface area contributed by atoms with Crippen molar-refractivity contribution in [3.63, 3.8) is 0 Å². The Morgan fingerprint density at radius 3 is 2.41 bits per heavy atom. The van der Waals surface area contributed by atoms with E-state index in [0.717, 1.165) is 0 Å². The van der Waals surface area contributed by atoms with Gasteiger partial charge in [-0.2, -0.15) is 0 Å². The number of methoxy groups -OCH3 is 1. The Kier molecular flexibility index (Phi) is 6.19. The third-order valence-electron chi connectivity index (χ3n) is 4.30. The van der Waals surface area contributed by atoms with Crippen LogP contribution < -0.4 is 10.6 Å². The van der Waals surface area contributed by atoms with Gasteiger partial charge in [0.05, 0.1) is 18.4 Å². The molecule has 0 aliphatic rings. The minimum Gasteiger partial charge on any atom is -0.465 e. The molecule has 0 unspecified atom stereocenters. The third kappa shape index (κ3) is 4.95. The van der Waals surface area contributed by atoms with Crippen LogP contribution in [0.1, 0.15) is 46.2 Å². The molecule has 0 aliphatic heterocycles. The van der Waals surface area contributed by atoms with E-state index in [9.17, 15) is 9.59 Å². The van der Waals surface area contributed by atoms with E-state index in [-0.39, 0.29) is 17.5 Å². The van der Waals surface area contributed by atoms with E-state index in [4.69, 9.17) is 4.74 Å². The van der Waals surface area contributed by atoms with E-state index >= 15 is 0 Å². The molecule has 7 nitrogen and oxygen atoms in total. The number of anilines is 3. The van der Waals surface area contributed by atoms with Crippen LogP contribution in [0.3, 0.4) is 0 Å². The molecule has 1 aromatic heterocycles. The highest BCUT2D eigenvalue weighted by Crippen LogP contribution is 2.20. The zero-order valence-corrected chi connectivity index (χ0v) is 16.5. The molecule has 2 aromatic carbocycles. The highest BCUT2D eigenvalue weighted by molar-refractivity contribution is 6.03. The highest BCUT2D eigenvalue weighted by atomic mass is 16.5. The summed E-state index contributed by atoms with van der Waals surface area (Å²) in [5.41, 5.74) is 2.91. The summed E-state index contributed by atoms with van der Waals surface area (Å²) in [5, 5.41) is 5.79. The van der Waals surface area contributed by atoms with Gasteiger partial charge in [0.15, 0.2) is 0 Å². The molecule has 0 atom stereocenters. The number of aromatic nitrogens is 2. The van der Waals surface area contributed by atoms with E-state index < -0.39 is 5.97 Å². The Hall–Kier alpha value is -3.74. The van der Waals surface area contributed by atoms with E-state index in [1.165, 1.54) is 24.9 Å². The predicted octanol–water partition coefficient (Wildman–Crippen LogP) is 4.38. The predicted molar refractivity (Wildman–Crippen MR) is 112 cm³/mol. The summed E-state index contributed by atoms with van der Waals surface area (Å²) in [7, 11) is 1.31. The maximum absolute atomic E-state index is 12.6. The van der Waals surface area contributed by atoms with Crippen LogP contribution in [0.4, 0.5) is 17.3 Å². The van der Waals surface area contributed by atoms with Crippen LogP contribution in [0.25, 0.3) is 0 Å². The van der Waals surface area contributed by atoms with Gasteiger partial charge in [0.25, 0.3) is 5.91 Å². The number of carbonyl (C=O) groups excluding carboxylic acids is 2. The van der Waals surface area contributed by atoms with Crippen LogP contribution in [0.2, 0.25) is 0 Å². The summed E-state index contributed by atoms with van der Waals surface area (Å²) >= 11 is 0. The lowest BCUT2D eigenvalue weighted by Crippen LogP contribution is -2.15. The molecule has 0 saturated heterocycles. The summed E-state index contributed by atoms with van der Waals surface area (Å²) in [6.45, 7) is 4.22. The van der Waals surface area contributed by atoms with Gasteiger partial charge >= 0.3 is 5.97 Å². The second-order valence-electron chi connectivity index (χ2n) is 6.66. The molecular weight excluding hydrogens is 368 g/mol. The number of nitrogens with zero attached hydrogens (tertiary/aromatic N) is 2. The van der Waals surface area contributed by atoms with Crippen molar-refractivity contribution in [1.29, 1.82) is 0 Å². The first-order chi connectivity index (χ1) is 14.0. The zero-order chi connectivity index (χ0) is 20.8. The lowest BCUT2D eigenvalue weighted by molar-refractivity contribution is 0.0601. The first kappa shape index (κ1) is 20.0. The molecule has 148 valence electrons. The molecule has 0 fully saturated rings. The number of rotatable bonds is 6. The summed E-state index contributed by atoms with van der Waals surface area (Å²) < 4.78 is 4.78. The van der Waals surface area contributed by atoms with Crippen molar-refractivity contribution in [2.75, 3.05) is 17.7 Å². The Balaban J connectivity index is 1.76. The molecule has 3 rings (SSSR count). The fraction of sp³-hybridized carbons (Fsp3) is 0.182. The zero-order valence-electron chi connectivity index (χ0n) is 16.5. The molecule has 0 radical (unpaired) electrons. The molecule has 7 heteroatoms. The number of ether oxygens (including phenoxy) is 1. The van der Waals surface area contributed by atoms with Gasteiger partial charge in [0, 0.05) is 11.9 Å². The van der Waals surface area contributed by atoms with Gasteiger partial charge in [0.1, 0.15) is 5.69 Å². The van der Waals surface area contributed by atoms with E-state index in [0.29, 0.717) is 22.9 Å². The van der Waals surface area contributed by atoms with E-state index in [2.05, 4.69) is 34.4 Å². The number of benzene rings is 2. The van der Waals surface area contributed by atoms with Crippen molar-refractivity contribution < 1.29 is 14.3 Å². The van der Waals surface area contributed by atoms with Crippen molar-refractivity contribution in [3.8, 4) is 0 Å². The van der Waals surface area contributed by atoms with Crippen molar-refractivity contribution in [2.24, 2.45) is 0 Å². The van der Waals surface area contributed by atoms with Gasteiger partial charge in [-0.1, -0.05) is 38.1 Å². The van der Waals surface area contributed by atoms with Gasteiger partial charge in [-0.25, -0.2) is 14.8 Å². The van der Waals surface area contributed by atoms with Gasteiger partial charge in [-0.15, -0.1) is 0 Å². The Bertz CT molecular complexity index is 1020. The fourth-order valence-corrected chi connectivity index (χ4v) is 2.69. The average molecular weight is 390 g/mol. The Labute approximate surface area is 169 Å². The molecule has 0 saturated carbocycles. The standard InChI is InChI=1S/C22H22N4O3/c1-14(2)15-8-10-16(11-9-15)24-20(27)19-12-13-23-22(26-19)25-18-7-5-4-6-17(18)21(28)29-3/h4-14H,1-3H3,(H,24,27)(H,23,25,26). The molecule has 0 bridgehead atoms. The lowest BCUT2D eigenvalue weighted by Gasteiger charge is -2.11. The highest BCUT2D eigenvalue weighted by Gasteiger charge is 2.14. The van der Waals surface area contributed by atoms with Crippen LogP contribution in [0.5, 0.6) is 0 Å². The van der Waals surface area contributed by atoms with Gasteiger partial charge in [-0.3, -0.25) is 4.79 Å². The smallest absolute Gasteiger partial charge is 0.339 e. The molecule has 0 aliphatic carbocycles. The maximum Gasteiger partial charge on any atom is 0.339 e. The Morgan fingerprint density at radius 2 is 1.72 bits per heavy atom. The van der Waals surface area contributed by atoms with Gasteiger partial charge < -0.3 is 15.4 Å². The fourth-order valence-electron chi connectivity index (χ4n) is 2.69. The SMILES string of the molecule is COC(=O)c1ccccc1Nc1nccc(C(=O)Nc2ccc(C(C)C)cc2)n1. The van der Waals surface area contributed by atoms with Crippen molar-refractivity contribution in [2.45, 2.75) is 19.8 Å². The quantitative estimate of drug-likeness (QED) is 0.607. The first-order valence-electron chi connectivity index (χ1n) is 9.16. The van der Waals surface area contributed by atoms with Crippen molar-refractivity contribution >= 4 is 29.2 Å². The Morgan fingerprint density at radius 1 is 1.00 bits per heavy atom. The number of amides is 1. The van der Waals surface area contributed by atoms with E-state index in [1.54, 1.807) is 24.3 Å². The molecule has 1 heterocycles. The minimum absolute atomic E-state index is 0.198. The molecule has 2 N–H and O–H groups in total. The summed E-state index contributed by atoms with van der Waals surface area (Å²) in [6, 6.07) is 16.0. The normalized spacial score (nSPS) is 10.5. The number of para-hydroxylation sites is 1. The van der Waals surface area contributed by atoms with Crippen LogP contribution in [0.15, 0.2) is 60.8 Å². The van der Waals surface area contributed by atoms with Crippen LogP contribution >= 0.6 is 0 Å². The van der Waals surface area contributed by atoms with Gasteiger partial charge in [-0.05, 0) is 41.8 Å². The third-order valence-corrected chi connectivity index (χ3v) is 4.30. The molecule has 29 heavy (non-hydrogen) atoms. The monoisotopic (exact) mass is 390 g/mol. The van der Waals surface area contributed by atoms with E-state index in [1.807, 2.05) is 24.3 Å². The molecule has 0 spiro atoms. The summed E-state index contributed by atoms with van der Waals surface area (Å²) in [6.07, 6.45) is 1.48. The minimum atomic E-state index is -0.480. The number of esters is 1. The topological polar surface area (TPSA) is 93.2 Å². The number of hydrogen-bond donors (Lipinski definition) is 2. The lowest BCUT2D eigenvalue weighted by atomic mass is 10.0.